The molecule has 2 rings (SSSR count). The summed E-state index contributed by atoms with van der Waals surface area (Å²) in [5, 5.41) is 8.77. The summed E-state index contributed by atoms with van der Waals surface area (Å²) in [6.45, 7) is 1.87. The number of anilines is 1. The van der Waals surface area contributed by atoms with Gasteiger partial charge in [0.25, 0.3) is 5.91 Å². The Hall–Kier alpha value is -2.37. The highest BCUT2D eigenvalue weighted by Gasteiger charge is 2.26. The van der Waals surface area contributed by atoms with Gasteiger partial charge >= 0.3 is 5.97 Å². The summed E-state index contributed by atoms with van der Waals surface area (Å²) >= 11 is 0. The largest absolute Gasteiger partial charge is 0.482 e. The van der Waals surface area contributed by atoms with Gasteiger partial charge in [0, 0.05) is 18.5 Å². The second kappa shape index (κ2) is 6.39. The SMILES string of the molecule is CCCC(=O)c1ccc2c(c1)N(CCC(=O)O)C(=O)CO2. The van der Waals surface area contributed by atoms with Gasteiger partial charge in [-0.15, -0.1) is 0 Å². The lowest BCUT2D eigenvalue weighted by atomic mass is 10.0. The van der Waals surface area contributed by atoms with Gasteiger partial charge in [-0.05, 0) is 24.6 Å². The van der Waals surface area contributed by atoms with Crippen LogP contribution in [0.3, 0.4) is 0 Å². The Morgan fingerprint density at radius 2 is 2.10 bits per heavy atom. The Bertz CT molecular complexity index is 581. The number of amides is 1. The van der Waals surface area contributed by atoms with E-state index in [1.54, 1.807) is 18.2 Å². The molecule has 6 nitrogen and oxygen atoms in total. The predicted molar refractivity (Wildman–Crippen MR) is 75.8 cm³/mol. The van der Waals surface area contributed by atoms with Gasteiger partial charge < -0.3 is 14.7 Å². The van der Waals surface area contributed by atoms with Gasteiger partial charge in [0.15, 0.2) is 12.4 Å². The van der Waals surface area contributed by atoms with Crippen molar-refractivity contribution in [1.82, 2.24) is 0 Å². The Morgan fingerprint density at radius 1 is 1.33 bits per heavy atom. The maximum atomic E-state index is 11.9. The molecular formula is C15H17NO5. The van der Waals surface area contributed by atoms with Crippen molar-refractivity contribution >= 4 is 23.3 Å². The first-order valence-electron chi connectivity index (χ1n) is 6.85. The Morgan fingerprint density at radius 3 is 2.76 bits per heavy atom. The summed E-state index contributed by atoms with van der Waals surface area (Å²) in [5.74, 6) is -0.789. The zero-order chi connectivity index (χ0) is 15.4. The lowest BCUT2D eigenvalue weighted by Gasteiger charge is -2.29. The first-order chi connectivity index (χ1) is 10.0. The Kier molecular flexibility index (Phi) is 4.57. The summed E-state index contributed by atoms with van der Waals surface area (Å²) in [4.78, 5) is 35.9. The van der Waals surface area contributed by atoms with Crippen LogP contribution in [0.15, 0.2) is 18.2 Å². The number of nitrogens with zero attached hydrogens (tertiary/aromatic N) is 1. The van der Waals surface area contributed by atoms with Gasteiger partial charge in [0.1, 0.15) is 5.75 Å². The molecular weight excluding hydrogens is 274 g/mol. The monoisotopic (exact) mass is 291 g/mol. The topological polar surface area (TPSA) is 83.9 Å². The van der Waals surface area contributed by atoms with Crippen LogP contribution in [-0.2, 0) is 9.59 Å². The summed E-state index contributed by atoms with van der Waals surface area (Å²) in [7, 11) is 0. The maximum absolute atomic E-state index is 11.9. The lowest BCUT2D eigenvalue weighted by Crippen LogP contribution is -2.40. The number of aliphatic carboxylic acids is 1. The first-order valence-corrected chi connectivity index (χ1v) is 6.85. The highest BCUT2D eigenvalue weighted by molar-refractivity contribution is 6.02. The van der Waals surface area contributed by atoms with E-state index in [0.29, 0.717) is 23.4 Å². The summed E-state index contributed by atoms with van der Waals surface area (Å²) in [6, 6.07) is 4.92. The van der Waals surface area contributed by atoms with Gasteiger partial charge in [-0.3, -0.25) is 14.4 Å². The predicted octanol–water partition coefficient (Wildman–Crippen LogP) is 1.87. The number of ether oxygens (including phenoxy) is 1. The summed E-state index contributed by atoms with van der Waals surface area (Å²) in [6.07, 6.45) is 1.02. The highest BCUT2D eigenvalue weighted by Crippen LogP contribution is 2.33. The third-order valence-corrected chi connectivity index (χ3v) is 3.25. The molecule has 0 atom stereocenters. The smallest absolute Gasteiger partial charge is 0.305 e. The molecule has 1 N–H and O–H groups in total. The van der Waals surface area contributed by atoms with E-state index in [0.717, 1.165) is 6.42 Å². The third-order valence-electron chi connectivity index (χ3n) is 3.25. The van der Waals surface area contributed by atoms with Crippen molar-refractivity contribution in [3.8, 4) is 5.75 Å². The number of hydrogen-bond donors (Lipinski definition) is 1. The van der Waals surface area contributed by atoms with Gasteiger partial charge in [-0.25, -0.2) is 0 Å². The number of Topliss-reactive ketones (excluding diaryl/α,β-unsaturated/α-hetero) is 1. The molecule has 0 saturated carbocycles. The number of fused-ring (bicyclic) bond motifs is 1. The molecule has 112 valence electrons. The fourth-order valence-electron chi connectivity index (χ4n) is 2.20. The molecule has 0 fully saturated rings. The van der Waals surface area contributed by atoms with Gasteiger partial charge in [-0.2, -0.15) is 0 Å². The Balaban J connectivity index is 2.30. The maximum Gasteiger partial charge on any atom is 0.305 e. The molecule has 0 aromatic heterocycles. The second-order valence-electron chi connectivity index (χ2n) is 4.83. The van der Waals surface area contributed by atoms with Crippen LogP contribution in [0.4, 0.5) is 5.69 Å². The molecule has 0 bridgehead atoms. The molecule has 0 spiro atoms. The number of benzene rings is 1. The van der Waals surface area contributed by atoms with Crippen LogP contribution >= 0.6 is 0 Å². The van der Waals surface area contributed by atoms with Gasteiger partial charge in [0.2, 0.25) is 0 Å². The molecule has 0 radical (unpaired) electrons. The van der Waals surface area contributed by atoms with Crippen LogP contribution < -0.4 is 9.64 Å². The number of carboxylic acid groups (broad SMARTS) is 1. The summed E-state index contributed by atoms with van der Waals surface area (Å²) in [5.41, 5.74) is 0.976. The van der Waals surface area contributed by atoms with E-state index < -0.39 is 5.97 Å². The zero-order valence-electron chi connectivity index (χ0n) is 11.8. The van der Waals surface area contributed by atoms with Crippen molar-refractivity contribution in [3.05, 3.63) is 23.8 Å². The van der Waals surface area contributed by atoms with Crippen molar-refractivity contribution < 1.29 is 24.2 Å². The number of carboxylic acids is 1. The van der Waals surface area contributed by atoms with Crippen LogP contribution in [-0.4, -0.2) is 35.9 Å². The molecule has 0 aliphatic carbocycles. The molecule has 1 aromatic rings. The molecule has 1 aromatic carbocycles. The molecule has 0 saturated heterocycles. The fraction of sp³-hybridized carbons (Fsp3) is 0.400. The number of rotatable bonds is 6. The van der Waals surface area contributed by atoms with Crippen molar-refractivity contribution in [2.45, 2.75) is 26.2 Å². The number of ketones is 1. The minimum atomic E-state index is -0.978. The van der Waals surface area contributed by atoms with E-state index in [2.05, 4.69) is 0 Å². The van der Waals surface area contributed by atoms with E-state index in [-0.39, 0.29) is 31.3 Å². The molecule has 1 aliphatic rings. The van der Waals surface area contributed by atoms with Gasteiger partial charge in [0.05, 0.1) is 12.1 Å². The first kappa shape index (κ1) is 15.0. The quantitative estimate of drug-likeness (QED) is 0.809. The van der Waals surface area contributed by atoms with E-state index in [1.807, 2.05) is 6.92 Å². The Labute approximate surface area is 122 Å². The number of hydrogen-bond acceptors (Lipinski definition) is 4. The summed E-state index contributed by atoms with van der Waals surface area (Å²) < 4.78 is 5.32. The average molecular weight is 291 g/mol. The van der Waals surface area contributed by atoms with E-state index >= 15 is 0 Å². The molecule has 1 amide bonds. The minimum Gasteiger partial charge on any atom is -0.482 e. The van der Waals surface area contributed by atoms with E-state index in [1.165, 1.54) is 4.90 Å². The fourth-order valence-corrected chi connectivity index (χ4v) is 2.20. The van der Waals surface area contributed by atoms with Crippen LogP contribution in [0.1, 0.15) is 36.5 Å². The van der Waals surface area contributed by atoms with Crippen LogP contribution in [0, 0.1) is 0 Å². The van der Waals surface area contributed by atoms with Crippen LogP contribution in [0.5, 0.6) is 5.75 Å². The molecule has 1 aliphatic heterocycles. The minimum absolute atomic E-state index is 0.00323. The van der Waals surface area contributed by atoms with E-state index in [4.69, 9.17) is 9.84 Å². The van der Waals surface area contributed by atoms with Gasteiger partial charge in [-0.1, -0.05) is 6.92 Å². The molecule has 21 heavy (non-hydrogen) atoms. The lowest BCUT2D eigenvalue weighted by molar-refractivity contribution is -0.136. The zero-order valence-corrected chi connectivity index (χ0v) is 11.8. The number of carbonyl (C=O) groups is 3. The van der Waals surface area contributed by atoms with Crippen molar-refractivity contribution in [2.75, 3.05) is 18.1 Å². The van der Waals surface area contributed by atoms with Crippen molar-refractivity contribution in [3.63, 3.8) is 0 Å². The molecule has 0 unspecified atom stereocenters. The average Bonchev–Trinajstić information content (AvgIpc) is 2.45. The van der Waals surface area contributed by atoms with Crippen LogP contribution in [0.2, 0.25) is 0 Å². The second-order valence-corrected chi connectivity index (χ2v) is 4.83. The highest BCUT2D eigenvalue weighted by atomic mass is 16.5. The normalized spacial score (nSPS) is 13.6. The molecule has 1 heterocycles. The number of carbonyl (C=O) groups excluding carboxylic acids is 2. The van der Waals surface area contributed by atoms with Crippen molar-refractivity contribution in [2.24, 2.45) is 0 Å². The third kappa shape index (κ3) is 3.39. The standard InChI is InChI=1S/C15H17NO5/c1-2-3-12(17)10-4-5-13-11(8-10)16(7-6-15(19)20)14(18)9-21-13/h4-5,8H,2-3,6-7,9H2,1H3,(H,19,20). The van der Waals surface area contributed by atoms with Crippen LogP contribution in [0.25, 0.3) is 0 Å². The molecule has 6 heteroatoms. The van der Waals surface area contributed by atoms with E-state index in [9.17, 15) is 14.4 Å². The van der Waals surface area contributed by atoms with Crippen molar-refractivity contribution in [1.29, 1.82) is 0 Å².